The number of nitroso groups, excluding NO2 is 1. The maximum Gasteiger partial charge on any atom is 0.165 e. The molecule has 0 radical (unpaired) electrons. The molecule has 0 saturated heterocycles. The molecule has 7 nitrogen and oxygen atoms in total. The number of hydrogen-bond acceptors (Lipinski definition) is 8. The predicted octanol–water partition coefficient (Wildman–Crippen LogP) is 5.71. The van der Waals surface area contributed by atoms with Gasteiger partial charge in [0, 0.05) is 37.9 Å². The third-order valence-electron chi connectivity index (χ3n) is 4.97. The van der Waals surface area contributed by atoms with Gasteiger partial charge >= 0.3 is 0 Å². The molecule has 0 unspecified atom stereocenters. The van der Waals surface area contributed by atoms with Crippen LogP contribution in [-0.2, 0) is 19.6 Å². The van der Waals surface area contributed by atoms with Crippen molar-refractivity contribution >= 4 is 17.6 Å². The fourth-order valence-electron chi connectivity index (χ4n) is 3.49. The topological polar surface area (TPSA) is 93.7 Å². The van der Waals surface area contributed by atoms with Crippen LogP contribution in [0, 0.1) is 4.91 Å². The highest BCUT2D eigenvalue weighted by atomic mass is 32.2. The Morgan fingerprint density at radius 3 is 2.09 bits per heavy atom. The molecular formula is C25H23N5O2S. The molecule has 0 aliphatic heterocycles. The summed E-state index contributed by atoms with van der Waals surface area (Å²) < 4.78 is 6.34. The van der Waals surface area contributed by atoms with Crippen molar-refractivity contribution in [3.05, 3.63) is 113 Å². The zero-order valence-electron chi connectivity index (χ0n) is 17.9. The highest BCUT2D eigenvalue weighted by molar-refractivity contribution is 7.97. The summed E-state index contributed by atoms with van der Waals surface area (Å²) in [4.78, 5) is 22.5. The van der Waals surface area contributed by atoms with E-state index < -0.39 is 0 Å². The number of rotatable bonds is 10. The predicted molar refractivity (Wildman–Crippen MR) is 131 cm³/mol. The first-order chi connectivity index (χ1) is 16.3. The maximum absolute atomic E-state index is 11.1. The van der Waals surface area contributed by atoms with Crippen LogP contribution in [0.1, 0.15) is 16.7 Å². The standard InChI is InChI=1S/C25H23N5O2S/c26-33-24-13-21(16-29-31)12-23(25(24)32-22-8-2-1-3-9-22)30(17-19-6-4-10-27-14-19)18-20-7-5-11-28-15-20/h1-15H,16-18,26H2. The Morgan fingerprint density at radius 1 is 0.879 bits per heavy atom. The van der Waals surface area contributed by atoms with Crippen LogP contribution in [0.4, 0.5) is 5.69 Å². The minimum absolute atomic E-state index is 0.0415. The van der Waals surface area contributed by atoms with E-state index >= 15 is 0 Å². The monoisotopic (exact) mass is 457 g/mol. The molecule has 33 heavy (non-hydrogen) atoms. The highest BCUT2D eigenvalue weighted by Crippen LogP contribution is 2.42. The Morgan fingerprint density at radius 2 is 1.55 bits per heavy atom. The zero-order chi connectivity index (χ0) is 22.9. The zero-order valence-corrected chi connectivity index (χ0v) is 18.7. The number of nitrogens with two attached hydrogens (primary N) is 1. The van der Waals surface area contributed by atoms with Crippen molar-refractivity contribution in [1.82, 2.24) is 9.97 Å². The lowest BCUT2D eigenvalue weighted by molar-refractivity contribution is 0.469. The molecule has 0 bridgehead atoms. The van der Waals surface area contributed by atoms with Crippen molar-refractivity contribution in [1.29, 1.82) is 0 Å². The Kier molecular flexibility index (Phi) is 7.63. The molecule has 2 heterocycles. The molecule has 0 fully saturated rings. The molecule has 2 aromatic heterocycles. The molecule has 4 aromatic rings. The van der Waals surface area contributed by atoms with Gasteiger partial charge in [0.2, 0.25) is 0 Å². The summed E-state index contributed by atoms with van der Waals surface area (Å²) >= 11 is 1.08. The lowest BCUT2D eigenvalue weighted by Gasteiger charge is -2.28. The van der Waals surface area contributed by atoms with Crippen molar-refractivity contribution in [3.63, 3.8) is 0 Å². The van der Waals surface area contributed by atoms with Gasteiger partial charge in [0.05, 0.1) is 10.6 Å². The third kappa shape index (κ3) is 5.94. The van der Waals surface area contributed by atoms with Crippen LogP contribution in [0.5, 0.6) is 11.5 Å². The van der Waals surface area contributed by atoms with Crippen LogP contribution < -0.4 is 14.8 Å². The van der Waals surface area contributed by atoms with Crippen LogP contribution in [0.15, 0.2) is 102 Å². The van der Waals surface area contributed by atoms with E-state index in [-0.39, 0.29) is 6.54 Å². The van der Waals surface area contributed by atoms with Gasteiger partial charge in [-0.25, -0.2) is 0 Å². The van der Waals surface area contributed by atoms with Crippen LogP contribution in [0.3, 0.4) is 0 Å². The van der Waals surface area contributed by atoms with Crippen molar-refractivity contribution < 1.29 is 4.74 Å². The smallest absolute Gasteiger partial charge is 0.165 e. The van der Waals surface area contributed by atoms with E-state index in [1.807, 2.05) is 79.1 Å². The molecular weight excluding hydrogens is 434 g/mol. The Hall–Kier alpha value is -3.75. The molecule has 166 valence electrons. The highest BCUT2D eigenvalue weighted by Gasteiger charge is 2.20. The van der Waals surface area contributed by atoms with Gasteiger partial charge in [0.1, 0.15) is 12.3 Å². The van der Waals surface area contributed by atoms with Gasteiger partial charge in [-0.1, -0.05) is 35.5 Å². The van der Waals surface area contributed by atoms with Crippen LogP contribution in [0.2, 0.25) is 0 Å². The summed E-state index contributed by atoms with van der Waals surface area (Å²) in [6.45, 7) is 1.18. The summed E-state index contributed by atoms with van der Waals surface area (Å²) in [7, 11) is 0. The van der Waals surface area contributed by atoms with Crippen LogP contribution in [0.25, 0.3) is 0 Å². The minimum atomic E-state index is 0.0415. The first kappa shape index (κ1) is 22.4. The van der Waals surface area contributed by atoms with Gasteiger partial charge in [0.15, 0.2) is 5.75 Å². The van der Waals surface area contributed by atoms with Gasteiger partial charge < -0.3 is 9.64 Å². The normalized spacial score (nSPS) is 10.6. The van der Waals surface area contributed by atoms with E-state index in [0.717, 1.165) is 39.2 Å². The lowest BCUT2D eigenvalue weighted by Crippen LogP contribution is -2.23. The quantitative estimate of drug-likeness (QED) is 0.241. The second-order valence-electron chi connectivity index (χ2n) is 7.34. The van der Waals surface area contributed by atoms with Crippen LogP contribution in [-0.4, -0.2) is 9.97 Å². The van der Waals surface area contributed by atoms with E-state index in [2.05, 4.69) is 20.0 Å². The largest absolute Gasteiger partial charge is 0.454 e. The first-order valence-corrected chi connectivity index (χ1v) is 11.2. The number of hydrogen-bond donors (Lipinski definition) is 1. The maximum atomic E-state index is 11.1. The molecule has 0 aliphatic rings. The average Bonchev–Trinajstić information content (AvgIpc) is 2.86. The molecule has 8 heteroatoms. The van der Waals surface area contributed by atoms with Gasteiger partial charge in [0.25, 0.3) is 0 Å². The number of ether oxygens (including phenoxy) is 1. The molecule has 0 aliphatic carbocycles. The molecule has 4 rings (SSSR count). The van der Waals surface area contributed by atoms with E-state index in [9.17, 15) is 4.91 Å². The van der Waals surface area contributed by atoms with Crippen molar-refractivity contribution in [2.75, 3.05) is 4.90 Å². The summed E-state index contributed by atoms with van der Waals surface area (Å²) in [6, 6.07) is 21.2. The van der Waals surface area contributed by atoms with Gasteiger partial charge in [-0.3, -0.25) is 15.1 Å². The number of pyridine rings is 2. The van der Waals surface area contributed by atoms with Gasteiger partial charge in [-0.2, -0.15) is 4.91 Å². The SMILES string of the molecule is NSc1cc(CN=O)cc(N(Cc2cccnc2)Cc2cccnc2)c1Oc1ccccc1. The van der Waals surface area contributed by atoms with Crippen molar-refractivity contribution in [2.45, 2.75) is 24.5 Å². The third-order valence-corrected chi connectivity index (χ3v) is 5.52. The molecule has 2 N–H and O–H groups in total. The Labute approximate surface area is 196 Å². The van der Waals surface area contributed by atoms with Gasteiger partial charge in [-0.15, -0.1) is 0 Å². The van der Waals surface area contributed by atoms with E-state index in [1.165, 1.54) is 0 Å². The van der Waals surface area contributed by atoms with E-state index in [0.29, 0.717) is 24.6 Å². The van der Waals surface area contributed by atoms with Crippen molar-refractivity contribution in [2.24, 2.45) is 10.3 Å². The summed E-state index contributed by atoms with van der Waals surface area (Å²) in [6.07, 6.45) is 7.17. The first-order valence-electron chi connectivity index (χ1n) is 10.3. The average molecular weight is 458 g/mol. The Balaban J connectivity index is 1.83. The van der Waals surface area contributed by atoms with E-state index in [4.69, 9.17) is 9.88 Å². The molecule has 2 aromatic carbocycles. The summed E-state index contributed by atoms with van der Waals surface area (Å²) in [5, 5.41) is 9.12. The second-order valence-corrected chi connectivity index (χ2v) is 8.02. The van der Waals surface area contributed by atoms with E-state index in [1.54, 1.807) is 12.4 Å². The number of para-hydroxylation sites is 1. The lowest BCUT2D eigenvalue weighted by atomic mass is 10.1. The molecule has 0 atom stereocenters. The minimum Gasteiger partial charge on any atom is -0.454 e. The number of anilines is 1. The fourth-order valence-corrected chi connectivity index (χ4v) is 3.96. The Bertz CT molecular complexity index is 1140. The molecule has 0 spiro atoms. The molecule has 0 saturated carbocycles. The number of aromatic nitrogens is 2. The van der Waals surface area contributed by atoms with Crippen molar-refractivity contribution in [3.8, 4) is 11.5 Å². The fraction of sp³-hybridized carbons (Fsp3) is 0.120. The molecule has 0 amide bonds. The number of nitrogens with zero attached hydrogens (tertiary/aromatic N) is 4. The number of benzene rings is 2. The van der Waals surface area contributed by atoms with Gasteiger partial charge in [-0.05, 0) is 65.0 Å². The van der Waals surface area contributed by atoms with Crippen LogP contribution >= 0.6 is 11.9 Å². The summed E-state index contributed by atoms with van der Waals surface area (Å²) in [5.41, 5.74) is 3.64. The second kappa shape index (κ2) is 11.2. The summed E-state index contributed by atoms with van der Waals surface area (Å²) in [5.74, 6) is 1.31.